The molecule has 1 aromatic heterocycles. The summed E-state index contributed by atoms with van der Waals surface area (Å²) >= 11 is 5.84. The topological polar surface area (TPSA) is 89.3 Å². The zero-order valence-corrected chi connectivity index (χ0v) is 12.0. The van der Waals surface area contributed by atoms with Crippen LogP contribution in [0.3, 0.4) is 0 Å². The first-order chi connectivity index (χ1) is 8.24. The van der Waals surface area contributed by atoms with Crippen molar-refractivity contribution in [2.45, 2.75) is 5.03 Å². The molecule has 2 rings (SSSR count). The molecule has 0 radical (unpaired) electrons. The Hall–Kier alpha value is -0.640. The lowest BCUT2D eigenvalue weighted by atomic mass is 10.6. The van der Waals surface area contributed by atoms with Gasteiger partial charge in [-0.25, -0.2) is 21.8 Å². The summed E-state index contributed by atoms with van der Waals surface area (Å²) in [6, 6.07) is 0. The van der Waals surface area contributed by atoms with E-state index in [0.29, 0.717) is 0 Å². The zero-order chi connectivity index (χ0) is 13.6. The lowest BCUT2D eigenvalue weighted by Gasteiger charge is -2.25. The van der Waals surface area contributed by atoms with Crippen LogP contribution in [0.25, 0.3) is 0 Å². The normalized spacial score (nSPS) is 21.0. The first-order valence-corrected chi connectivity index (χ1v) is 8.75. The molecular formula is C8H12ClN3O4S2. The van der Waals surface area contributed by atoms with Crippen molar-refractivity contribution in [3.8, 4) is 0 Å². The van der Waals surface area contributed by atoms with Crippen molar-refractivity contribution in [1.29, 1.82) is 0 Å². The average molecular weight is 314 g/mol. The molecule has 102 valence electrons. The van der Waals surface area contributed by atoms with E-state index in [1.807, 2.05) is 0 Å². The highest BCUT2D eigenvalue weighted by atomic mass is 35.5. The fourth-order valence-electron chi connectivity index (χ4n) is 1.63. The summed E-state index contributed by atoms with van der Waals surface area (Å²) in [6.45, 7) is -0.116. The summed E-state index contributed by atoms with van der Waals surface area (Å²) in [7, 11) is -5.37. The molecule has 1 saturated heterocycles. The van der Waals surface area contributed by atoms with Gasteiger partial charge in [-0.2, -0.15) is 4.31 Å². The van der Waals surface area contributed by atoms with E-state index in [9.17, 15) is 16.8 Å². The fourth-order valence-corrected chi connectivity index (χ4v) is 4.89. The molecule has 1 aromatic rings. The maximum atomic E-state index is 12.2. The fraction of sp³-hybridized carbons (Fsp3) is 0.625. The molecule has 0 atom stereocenters. The van der Waals surface area contributed by atoms with E-state index in [1.54, 1.807) is 7.05 Å². The molecule has 0 saturated carbocycles. The lowest BCUT2D eigenvalue weighted by molar-refractivity contribution is 0.429. The van der Waals surface area contributed by atoms with Crippen molar-refractivity contribution in [2.75, 3.05) is 24.6 Å². The monoisotopic (exact) mass is 313 g/mol. The van der Waals surface area contributed by atoms with E-state index in [4.69, 9.17) is 11.6 Å². The van der Waals surface area contributed by atoms with Crippen LogP contribution >= 0.6 is 11.6 Å². The number of sulfonamides is 1. The van der Waals surface area contributed by atoms with Gasteiger partial charge in [-0.05, 0) is 0 Å². The van der Waals surface area contributed by atoms with Crippen molar-refractivity contribution in [1.82, 2.24) is 13.9 Å². The number of rotatable bonds is 2. The Morgan fingerprint density at radius 3 is 2.33 bits per heavy atom. The number of aromatic nitrogens is 2. The third-order valence-corrected chi connectivity index (χ3v) is 6.72. The summed E-state index contributed by atoms with van der Waals surface area (Å²) in [5, 5.41) is -0.214. The van der Waals surface area contributed by atoms with Crippen molar-refractivity contribution in [2.24, 2.45) is 7.05 Å². The predicted octanol–water partition coefficient (Wildman–Crippen LogP) is -0.507. The zero-order valence-electron chi connectivity index (χ0n) is 9.57. The Kier molecular flexibility index (Phi) is 3.43. The summed E-state index contributed by atoms with van der Waals surface area (Å²) < 4.78 is 49.4. The van der Waals surface area contributed by atoms with Gasteiger partial charge in [0.2, 0.25) is 5.03 Å². The molecule has 18 heavy (non-hydrogen) atoms. The number of hydrogen-bond acceptors (Lipinski definition) is 5. The van der Waals surface area contributed by atoms with Gasteiger partial charge in [-0.3, -0.25) is 0 Å². The van der Waals surface area contributed by atoms with Crippen LogP contribution in [0.15, 0.2) is 11.4 Å². The first kappa shape index (κ1) is 13.8. The van der Waals surface area contributed by atoms with Gasteiger partial charge in [0.05, 0.1) is 17.8 Å². The molecule has 0 aromatic carbocycles. The molecule has 1 aliphatic rings. The number of nitrogens with zero attached hydrogens (tertiary/aromatic N) is 3. The van der Waals surface area contributed by atoms with E-state index in [1.165, 1.54) is 10.9 Å². The summed E-state index contributed by atoms with van der Waals surface area (Å²) in [6.07, 6.45) is 1.30. The number of imidazole rings is 1. The second-order valence-corrected chi connectivity index (χ2v) is 8.52. The molecule has 0 bridgehead atoms. The number of halogens is 1. The smallest absolute Gasteiger partial charge is 0.263 e. The molecular weight excluding hydrogens is 302 g/mol. The minimum absolute atomic E-state index is 0.0171. The van der Waals surface area contributed by atoms with Crippen LogP contribution in [0.4, 0.5) is 0 Å². The van der Waals surface area contributed by atoms with E-state index in [0.717, 1.165) is 4.31 Å². The van der Waals surface area contributed by atoms with E-state index < -0.39 is 19.9 Å². The van der Waals surface area contributed by atoms with Crippen LogP contribution in [0.2, 0.25) is 5.15 Å². The quantitative estimate of drug-likeness (QED) is 0.734. The van der Waals surface area contributed by atoms with Gasteiger partial charge in [-0.1, -0.05) is 11.6 Å². The third-order valence-electron chi connectivity index (χ3n) is 2.72. The molecule has 10 heteroatoms. The standard InChI is InChI=1S/C8H12ClN3O4S2/c1-11-6-10-8(7(11)9)18(15,16)12-2-4-17(13,14)5-3-12/h6H,2-5H2,1H3. The van der Waals surface area contributed by atoms with Gasteiger partial charge >= 0.3 is 0 Å². The SMILES string of the molecule is Cn1cnc(S(=O)(=O)N2CCS(=O)(=O)CC2)c1Cl. The number of aryl methyl sites for hydroxylation is 1. The van der Waals surface area contributed by atoms with Gasteiger partial charge in [0.25, 0.3) is 10.0 Å². The van der Waals surface area contributed by atoms with E-state index in [-0.39, 0.29) is 34.8 Å². The van der Waals surface area contributed by atoms with Gasteiger partial charge in [0, 0.05) is 20.1 Å². The van der Waals surface area contributed by atoms with Crippen LogP contribution in [0.1, 0.15) is 0 Å². The second-order valence-electron chi connectivity index (χ2n) is 4.01. The van der Waals surface area contributed by atoms with Crippen molar-refractivity contribution < 1.29 is 16.8 Å². The minimum Gasteiger partial charge on any atom is -0.324 e. The first-order valence-electron chi connectivity index (χ1n) is 5.11. The molecule has 7 nitrogen and oxygen atoms in total. The van der Waals surface area contributed by atoms with Crippen LogP contribution in [0, 0.1) is 0 Å². The van der Waals surface area contributed by atoms with Gasteiger partial charge in [0.15, 0.2) is 9.84 Å². The Morgan fingerprint density at radius 2 is 1.89 bits per heavy atom. The maximum Gasteiger partial charge on any atom is 0.263 e. The number of hydrogen-bond donors (Lipinski definition) is 0. The minimum atomic E-state index is -3.82. The third kappa shape index (κ3) is 2.40. The lowest BCUT2D eigenvalue weighted by Crippen LogP contribution is -2.43. The molecule has 2 heterocycles. The predicted molar refractivity (Wildman–Crippen MR) is 65.6 cm³/mol. The van der Waals surface area contributed by atoms with Crippen LogP contribution in [0.5, 0.6) is 0 Å². The summed E-state index contributed by atoms with van der Waals surface area (Å²) in [5.41, 5.74) is 0. The highest BCUT2D eigenvalue weighted by Crippen LogP contribution is 2.23. The van der Waals surface area contributed by atoms with E-state index >= 15 is 0 Å². The van der Waals surface area contributed by atoms with Gasteiger partial charge in [0.1, 0.15) is 5.15 Å². The molecule has 1 aliphatic heterocycles. The molecule has 0 N–H and O–H groups in total. The second kappa shape index (κ2) is 4.48. The number of sulfone groups is 1. The average Bonchev–Trinajstić information content (AvgIpc) is 2.59. The summed E-state index contributed by atoms with van der Waals surface area (Å²) in [5.74, 6) is -0.340. The van der Waals surface area contributed by atoms with Crippen molar-refractivity contribution in [3.63, 3.8) is 0 Å². The molecule has 0 unspecified atom stereocenters. The highest BCUT2D eigenvalue weighted by molar-refractivity contribution is 7.92. The summed E-state index contributed by atoms with van der Waals surface area (Å²) in [4.78, 5) is 3.75. The molecule has 1 fully saturated rings. The Labute approximate surface area is 110 Å². The molecule has 0 aliphatic carbocycles. The van der Waals surface area contributed by atoms with Crippen molar-refractivity contribution >= 4 is 31.5 Å². The van der Waals surface area contributed by atoms with Gasteiger partial charge in [-0.15, -0.1) is 0 Å². The Balaban J connectivity index is 2.31. The van der Waals surface area contributed by atoms with Crippen LogP contribution < -0.4 is 0 Å². The van der Waals surface area contributed by atoms with Crippen LogP contribution in [-0.4, -0.2) is 55.3 Å². The highest BCUT2D eigenvalue weighted by Gasteiger charge is 2.34. The van der Waals surface area contributed by atoms with Crippen molar-refractivity contribution in [3.05, 3.63) is 11.5 Å². The maximum absolute atomic E-state index is 12.2. The largest absolute Gasteiger partial charge is 0.324 e. The molecule has 0 amide bonds. The van der Waals surface area contributed by atoms with E-state index in [2.05, 4.69) is 4.98 Å². The Morgan fingerprint density at radius 1 is 1.33 bits per heavy atom. The molecule has 0 spiro atoms. The van der Waals surface area contributed by atoms with Crippen LogP contribution in [-0.2, 0) is 26.9 Å². The van der Waals surface area contributed by atoms with Gasteiger partial charge < -0.3 is 4.57 Å². The Bertz CT molecular complexity index is 651.